The second-order valence-electron chi connectivity index (χ2n) is 7.30. The SMILES string of the molecule is C[C@]12CC(=CN)C(=Nc3ccc(F)cc3)C=C1CC[C@]2(CN)CCO. The number of benzene rings is 1. The van der Waals surface area contributed by atoms with Gasteiger partial charge in [-0.25, -0.2) is 9.38 Å². The second-order valence-corrected chi connectivity index (χ2v) is 7.30. The zero-order chi connectivity index (χ0) is 18.1. The van der Waals surface area contributed by atoms with Crippen molar-refractivity contribution in [3.63, 3.8) is 0 Å². The predicted octanol–water partition coefficient (Wildman–Crippen LogP) is 3.20. The number of nitrogens with two attached hydrogens (primary N) is 2. The van der Waals surface area contributed by atoms with Crippen LogP contribution in [0.3, 0.4) is 0 Å². The molecule has 3 rings (SSSR count). The highest BCUT2D eigenvalue weighted by molar-refractivity contribution is 6.11. The van der Waals surface area contributed by atoms with Gasteiger partial charge in [0.15, 0.2) is 0 Å². The number of nitrogens with zero attached hydrogens (tertiary/aromatic N) is 1. The highest BCUT2D eigenvalue weighted by Crippen LogP contribution is 2.61. The van der Waals surface area contributed by atoms with Crippen LogP contribution in [0.5, 0.6) is 0 Å². The standard InChI is InChI=1S/C20H26FN3O/c1-19-11-14(12-22)18(24-17-4-2-16(21)3-5-17)10-15(19)6-7-20(19,13-23)8-9-25/h2-5,10,12,25H,6-9,11,13,22-23H2,1H3/t19-,20+/m0/s1. The van der Waals surface area contributed by atoms with Gasteiger partial charge in [-0.15, -0.1) is 0 Å². The molecule has 2 atom stereocenters. The molecule has 0 saturated heterocycles. The van der Waals surface area contributed by atoms with Gasteiger partial charge in [-0.1, -0.05) is 12.5 Å². The molecule has 0 aliphatic heterocycles. The normalized spacial score (nSPS) is 32.1. The van der Waals surface area contributed by atoms with E-state index in [9.17, 15) is 9.50 Å². The first-order valence-electron chi connectivity index (χ1n) is 8.75. The fourth-order valence-electron chi connectivity index (χ4n) is 4.48. The third kappa shape index (κ3) is 2.92. The molecule has 0 amide bonds. The molecule has 1 saturated carbocycles. The number of aliphatic imine (C=N–C) groups is 1. The Balaban J connectivity index is 2.03. The van der Waals surface area contributed by atoms with Crippen LogP contribution in [0.25, 0.3) is 0 Å². The fraction of sp³-hybridized carbons (Fsp3) is 0.450. The van der Waals surface area contributed by atoms with Gasteiger partial charge in [0.2, 0.25) is 0 Å². The van der Waals surface area contributed by atoms with Gasteiger partial charge >= 0.3 is 0 Å². The van der Waals surface area contributed by atoms with E-state index in [1.54, 1.807) is 18.3 Å². The summed E-state index contributed by atoms with van der Waals surface area (Å²) in [6, 6.07) is 6.13. The average molecular weight is 343 g/mol. The van der Waals surface area contributed by atoms with Gasteiger partial charge in [-0.3, -0.25) is 0 Å². The average Bonchev–Trinajstić information content (AvgIpc) is 2.89. The lowest BCUT2D eigenvalue weighted by molar-refractivity contribution is 0.0841. The van der Waals surface area contributed by atoms with E-state index in [4.69, 9.17) is 11.5 Å². The number of fused-ring (bicyclic) bond motifs is 1. The van der Waals surface area contributed by atoms with Crippen molar-refractivity contribution in [1.29, 1.82) is 0 Å². The lowest BCUT2D eigenvalue weighted by atomic mass is 9.59. The van der Waals surface area contributed by atoms with Gasteiger partial charge < -0.3 is 16.6 Å². The Morgan fingerprint density at radius 1 is 1.32 bits per heavy atom. The number of rotatable bonds is 4. The Kier molecular flexibility index (Phi) is 4.80. The van der Waals surface area contributed by atoms with Crippen molar-refractivity contribution in [3.05, 3.63) is 53.5 Å². The molecule has 134 valence electrons. The number of hydrogen-bond acceptors (Lipinski definition) is 4. The summed E-state index contributed by atoms with van der Waals surface area (Å²) in [7, 11) is 0. The molecule has 1 fully saturated rings. The minimum Gasteiger partial charge on any atom is -0.404 e. The van der Waals surface area contributed by atoms with E-state index in [1.165, 1.54) is 17.7 Å². The van der Waals surface area contributed by atoms with Crippen LogP contribution in [0.1, 0.15) is 32.6 Å². The molecule has 0 radical (unpaired) electrons. The van der Waals surface area contributed by atoms with E-state index >= 15 is 0 Å². The summed E-state index contributed by atoms with van der Waals surface area (Å²) in [6.07, 6.45) is 7.09. The van der Waals surface area contributed by atoms with Gasteiger partial charge in [0, 0.05) is 6.61 Å². The molecule has 0 spiro atoms. The highest BCUT2D eigenvalue weighted by Gasteiger charge is 2.54. The van der Waals surface area contributed by atoms with Gasteiger partial charge in [0.05, 0.1) is 11.4 Å². The summed E-state index contributed by atoms with van der Waals surface area (Å²) in [5.41, 5.74) is 15.7. The summed E-state index contributed by atoms with van der Waals surface area (Å²) in [6.45, 7) is 2.91. The van der Waals surface area contributed by atoms with Crippen molar-refractivity contribution >= 4 is 11.4 Å². The number of allylic oxidation sites excluding steroid dienone is 3. The third-order valence-electron chi connectivity index (χ3n) is 6.19. The molecule has 4 nitrogen and oxygen atoms in total. The van der Waals surface area contributed by atoms with Crippen molar-refractivity contribution in [2.24, 2.45) is 27.3 Å². The molecule has 5 N–H and O–H groups in total. The molecule has 0 bridgehead atoms. The largest absolute Gasteiger partial charge is 0.404 e. The van der Waals surface area contributed by atoms with Crippen LogP contribution in [0.15, 0.2) is 52.7 Å². The van der Waals surface area contributed by atoms with Crippen LogP contribution in [-0.2, 0) is 0 Å². The molecular weight excluding hydrogens is 317 g/mol. The summed E-state index contributed by atoms with van der Waals surface area (Å²) < 4.78 is 13.1. The van der Waals surface area contributed by atoms with Crippen LogP contribution in [0.4, 0.5) is 10.1 Å². The maximum Gasteiger partial charge on any atom is 0.123 e. The van der Waals surface area contributed by atoms with Crippen LogP contribution >= 0.6 is 0 Å². The Hall–Kier alpha value is -1.98. The second kappa shape index (κ2) is 6.73. The van der Waals surface area contributed by atoms with E-state index in [-0.39, 0.29) is 23.3 Å². The maximum absolute atomic E-state index is 13.1. The molecule has 5 heteroatoms. The first kappa shape index (κ1) is 17.8. The smallest absolute Gasteiger partial charge is 0.123 e. The Morgan fingerprint density at radius 2 is 2.04 bits per heavy atom. The topological polar surface area (TPSA) is 84.6 Å². The Bertz CT molecular complexity index is 738. The lowest BCUT2D eigenvalue weighted by Crippen LogP contribution is -2.45. The summed E-state index contributed by atoms with van der Waals surface area (Å²) in [4.78, 5) is 4.67. The van der Waals surface area contributed by atoms with Gasteiger partial charge in [0.25, 0.3) is 0 Å². The maximum atomic E-state index is 13.1. The number of aliphatic hydroxyl groups is 1. The lowest BCUT2D eigenvalue weighted by Gasteiger charge is -2.46. The highest BCUT2D eigenvalue weighted by atomic mass is 19.1. The van der Waals surface area contributed by atoms with E-state index in [1.807, 2.05) is 0 Å². The van der Waals surface area contributed by atoms with E-state index in [2.05, 4.69) is 18.0 Å². The van der Waals surface area contributed by atoms with E-state index in [0.717, 1.165) is 30.5 Å². The van der Waals surface area contributed by atoms with Gasteiger partial charge in [0.1, 0.15) is 5.82 Å². The Labute approximate surface area is 148 Å². The molecule has 0 heterocycles. The molecule has 1 aromatic rings. The first-order valence-corrected chi connectivity index (χ1v) is 8.75. The van der Waals surface area contributed by atoms with Crippen LogP contribution in [0, 0.1) is 16.6 Å². The van der Waals surface area contributed by atoms with Crippen LogP contribution in [-0.4, -0.2) is 24.0 Å². The van der Waals surface area contributed by atoms with Crippen LogP contribution < -0.4 is 11.5 Å². The Morgan fingerprint density at radius 3 is 2.64 bits per heavy atom. The molecular formula is C20H26FN3O. The van der Waals surface area contributed by atoms with Crippen LogP contribution in [0.2, 0.25) is 0 Å². The number of halogens is 1. The van der Waals surface area contributed by atoms with Crippen molar-refractivity contribution < 1.29 is 9.50 Å². The molecule has 2 aliphatic rings. The predicted molar refractivity (Wildman–Crippen MR) is 99.0 cm³/mol. The zero-order valence-electron chi connectivity index (χ0n) is 14.6. The van der Waals surface area contributed by atoms with Crippen molar-refractivity contribution in [3.8, 4) is 0 Å². The molecule has 1 aromatic carbocycles. The fourth-order valence-corrected chi connectivity index (χ4v) is 4.48. The number of hydrogen-bond donors (Lipinski definition) is 3. The third-order valence-corrected chi connectivity index (χ3v) is 6.19. The van der Waals surface area contributed by atoms with Crippen molar-refractivity contribution in [2.75, 3.05) is 13.2 Å². The van der Waals surface area contributed by atoms with E-state index in [0.29, 0.717) is 18.7 Å². The van der Waals surface area contributed by atoms with Crippen molar-refractivity contribution in [2.45, 2.75) is 32.6 Å². The summed E-state index contributed by atoms with van der Waals surface area (Å²) >= 11 is 0. The molecule has 25 heavy (non-hydrogen) atoms. The zero-order valence-corrected chi connectivity index (χ0v) is 14.6. The first-order chi connectivity index (χ1) is 12.0. The summed E-state index contributed by atoms with van der Waals surface area (Å²) in [5.74, 6) is -0.277. The molecule has 0 unspecified atom stereocenters. The summed E-state index contributed by atoms with van der Waals surface area (Å²) in [5, 5.41) is 9.55. The van der Waals surface area contributed by atoms with Gasteiger partial charge in [-0.05, 0) is 85.2 Å². The quantitative estimate of drug-likeness (QED) is 0.785. The van der Waals surface area contributed by atoms with E-state index < -0.39 is 0 Å². The molecule has 0 aromatic heterocycles. The minimum atomic E-state index is -0.277. The van der Waals surface area contributed by atoms with Gasteiger partial charge in [-0.2, -0.15) is 0 Å². The monoisotopic (exact) mass is 343 g/mol. The number of aliphatic hydroxyl groups excluding tert-OH is 1. The van der Waals surface area contributed by atoms with Crippen molar-refractivity contribution in [1.82, 2.24) is 0 Å². The minimum absolute atomic E-state index is 0.108. The molecule has 2 aliphatic carbocycles.